The van der Waals surface area contributed by atoms with Crippen molar-refractivity contribution in [1.29, 1.82) is 0 Å². The molecule has 0 aliphatic carbocycles. The van der Waals surface area contributed by atoms with E-state index >= 15 is 0 Å². The standard InChI is InChI=1S/C11H16O5/c1-4-16-11(15)10(14)9(13)6-8(12)5-7(2)3/h7H,4-6H2,1-3H3. The topological polar surface area (TPSA) is 77.5 Å². The molecule has 0 aliphatic rings. The highest BCUT2D eigenvalue weighted by atomic mass is 16.5. The summed E-state index contributed by atoms with van der Waals surface area (Å²) in [5.74, 6) is -3.65. The number of esters is 1. The van der Waals surface area contributed by atoms with Crippen LogP contribution < -0.4 is 0 Å². The summed E-state index contributed by atoms with van der Waals surface area (Å²) in [7, 11) is 0. The lowest BCUT2D eigenvalue weighted by atomic mass is 10.0. The first-order valence-electron chi connectivity index (χ1n) is 5.14. The molecule has 0 aromatic rings. The van der Waals surface area contributed by atoms with Crippen LogP contribution in [0.4, 0.5) is 0 Å². The molecule has 0 spiro atoms. The van der Waals surface area contributed by atoms with Gasteiger partial charge in [-0.3, -0.25) is 14.4 Å². The van der Waals surface area contributed by atoms with Gasteiger partial charge in [-0.2, -0.15) is 0 Å². The third-order valence-corrected chi connectivity index (χ3v) is 1.71. The van der Waals surface area contributed by atoms with E-state index in [0.717, 1.165) is 0 Å². The second kappa shape index (κ2) is 6.87. The second-order valence-electron chi connectivity index (χ2n) is 3.79. The Hall–Kier alpha value is -1.52. The van der Waals surface area contributed by atoms with Gasteiger partial charge >= 0.3 is 11.8 Å². The molecule has 0 atom stereocenters. The summed E-state index contributed by atoms with van der Waals surface area (Å²) < 4.78 is 4.37. The number of Topliss-reactive ketones (excluding diaryl/α,β-unsaturated/α-hetero) is 3. The number of rotatable bonds is 7. The Morgan fingerprint density at radius 3 is 2.12 bits per heavy atom. The number of hydrogen-bond acceptors (Lipinski definition) is 5. The van der Waals surface area contributed by atoms with E-state index in [4.69, 9.17) is 0 Å². The van der Waals surface area contributed by atoms with Gasteiger partial charge in [0.1, 0.15) is 5.78 Å². The first-order valence-corrected chi connectivity index (χ1v) is 5.14. The SMILES string of the molecule is CCOC(=O)C(=O)C(=O)CC(=O)CC(C)C. The van der Waals surface area contributed by atoms with E-state index in [2.05, 4.69) is 4.74 Å². The molecule has 0 rings (SSSR count). The summed E-state index contributed by atoms with van der Waals surface area (Å²) >= 11 is 0. The molecule has 0 aromatic heterocycles. The van der Waals surface area contributed by atoms with Gasteiger partial charge in [-0.25, -0.2) is 4.79 Å². The minimum atomic E-state index is -1.25. The normalized spacial score (nSPS) is 10.0. The van der Waals surface area contributed by atoms with Gasteiger partial charge in [0.2, 0.25) is 5.78 Å². The molecule has 0 saturated heterocycles. The van der Waals surface area contributed by atoms with Crippen molar-refractivity contribution < 1.29 is 23.9 Å². The van der Waals surface area contributed by atoms with Crippen molar-refractivity contribution in [3.8, 4) is 0 Å². The third-order valence-electron chi connectivity index (χ3n) is 1.71. The molecule has 0 N–H and O–H groups in total. The zero-order valence-electron chi connectivity index (χ0n) is 9.74. The van der Waals surface area contributed by atoms with Crippen LogP contribution >= 0.6 is 0 Å². The van der Waals surface area contributed by atoms with Gasteiger partial charge in [0, 0.05) is 6.42 Å². The molecular formula is C11H16O5. The van der Waals surface area contributed by atoms with Crippen molar-refractivity contribution in [2.45, 2.75) is 33.6 Å². The Bertz CT molecular complexity index is 303. The Morgan fingerprint density at radius 1 is 1.12 bits per heavy atom. The van der Waals surface area contributed by atoms with Crippen LogP contribution in [0.3, 0.4) is 0 Å². The Morgan fingerprint density at radius 2 is 1.69 bits per heavy atom. The molecular weight excluding hydrogens is 212 g/mol. The quantitative estimate of drug-likeness (QED) is 0.364. The van der Waals surface area contributed by atoms with Gasteiger partial charge in [0.05, 0.1) is 13.0 Å². The molecule has 0 radical (unpaired) electrons. The zero-order valence-corrected chi connectivity index (χ0v) is 9.74. The van der Waals surface area contributed by atoms with Crippen molar-refractivity contribution >= 4 is 23.3 Å². The number of carbonyl (C=O) groups is 4. The van der Waals surface area contributed by atoms with Gasteiger partial charge in [-0.1, -0.05) is 13.8 Å². The lowest BCUT2D eigenvalue weighted by molar-refractivity contribution is -0.156. The fraction of sp³-hybridized carbons (Fsp3) is 0.636. The highest BCUT2D eigenvalue weighted by Gasteiger charge is 2.25. The molecule has 0 saturated carbocycles. The molecule has 0 aromatic carbocycles. The van der Waals surface area contributed by atoms with E-state index in [1.54, 1.807) is 0 Å². The van der Waals surface area contributed by atoms with E-state index in [1.165, 1.54) is 6.92 Å². The van der Waals surface area contributed by atoms with E-state index in [0.29, 0.717) is 0 Å². The third kappa shape index (κ3) is 5.38. The smallest absolute Gasteiger partial charge is 0.382 e. The minimum Gasteiger partial charge on any atom is -0.460 e. The number of hydrogen-bond donors (Lipinski definition) is 0. The Labute approximate surface area is 94.1 Å². The summed E-state index contributed by atoms with van der Waals surface area (Å²) in [4.78, 5) is 44.4. The molecule has 90 valence electrons. The van der Waals surface area contributed by atoms with Crippen molar-refractivity contribution in [3.63, 3.8) is 0 Å². The predicted molar refractivity (Wildman–Crippen MR) is 55.7 cm³/mol. The summed E-state index contributed by atoms with van der Waals surface area (Å²) in [5, 5.41) is 0. The van der Waals surface area contributed by atoms with Crippen LogP contribution in [0.25, 0.3) is 0 Å². The molecule has 0 aliphatic heterocycles. The Kier molecular flexibility index (Phi) is 6.22. The molecule has 5 nitrogen and oxygen atoms in total. The lowest BCUT2D eigenvalue weighted by Gasteiger charge is -2.02. The maximum absolute atomic E-state index is 11.2. The van der Waals surface area contributed by atoms with E-state index in [1.807, 2.05) is 13.8 Å². The van der Waals surface area contributed by atoms with Crippen molar-refractivity contribution in [1.82, 2.24) is 0 Å². The molecule has 0 fully saturated rings. The summed E-state index contributed by atoms with van der Waals surface area (Å²) in [6, 6.07) is 0. The average Bonchev–Trinajstić information content (AvgIpc) is 2.15. The summed E-state index contributed by atoms with van der Waals surface area (Å²) in [5.41, 5.74) is 0. The molecule has 0 bridgehead atoms. The Balaban J connectivity index is 4.21. The van der Waals surface area contributed by atoms with Crippen LogP contribution in [-0.2, 0) is 23.9 Å². The maximum atomic E-state index is 11.2. The fourth-order valence-corrected chi connectivity index (χ4v) is 1.10. The number of ether oxygens (including phenoxy) is 1. The van der Waals surface area contributed by atoms with Gasteiger partial charge < -0.3 is 4.74 Å². The molecule has 0 heterocycles. The van der Waals surface area contributed by atoms with E-state index in [-0.39, 0.29) is 24.7 Å². The first-order chi connectivity index (χ1) is 7.38. The van der Waals surface area contributed by atoms with Gasteiger partial charge in [-0.05, 0) is 12.8 Å². The van der Waals surface area contributed by atoms with Gasteiger partial charge in [0.25, 0.3) is 0 Å². The second-order valence-corrected chi connectivity index (χ2v) is 3.79. The average molecular weight is 228 g/mol. The highest BCUT2D eigenvalue weighted by molar-refractivity contribution is 6.63. The zero-order chi connectivity index (χ0) is 12.7. The first kappa shape index (κ1) is 14.5. The summed E-state index contributed by atoms with van der Waals surface area (Å²) in [6.45, 7) is 5.21. The lowest BCUT2D eigenvalue weighted by Crippen LogP contribution is -2.28. The molecule has 0 unspecified atom stereocenters. The van der Waals surface area contributed by atoms with Crippen molar-refractivity contribution in [3.05, 3.63) is 0 Å². The summed E-state index contributed by atoms with van der Waals surface area (Å²) in [6.07, 6.45) is -0.294. The predicted octanol–water partition coefficient (Wildman–Crippen LogP) is 0.693. The van der Waals surface area contributed by atoms with Crippen LogP contribution in [-0.4, -0.2) is 29.9 Å². The minimum absolute atomic E-state index is 0.0256. The van der Waals surface area contributed by atoms with Crippen LogP contribution in [0, 0.1) is 5.92 Å². The van der Waals surface area contributed by atoms with Gasteiger partial charge in [-0.15, -0.1) is 0 Å². The molecule has 0 amide bonds. The highest BCUT2D eigenvalue weighted by Crippen LogP contribution is 2.03. The number of carbonyl (C=O) groups excluding carboxylic acids is 4. The van der Waals surface area contributed by atoms with Crippen LogP contribution in [0.5, 0.6) is 0 Å². The largest absolute Gasteiger partial charge is 0.460 e. The monoisotopic (exact) mass is 228 g/mol. The fourth-order valence-electron chi connectivity index (χ4n) is 1.10. The molecule has 5 heteroatoms. The van der Waals surface area contributed by atoms with Crippen LogP contribution in [0.15, 0.2) is 0 Å². The van der Waals surface area contributed by atoms with Crippen molar-refractivity contribution in [2.75, 3.05) is 6.61 Å². The van der Waals surface area contributed by atoms with E-state index < -0.39 is 24.0 Å². The number of ketones is 3. The van der Waals surface area contributed by atoms with Crippen LogP contribution in [0.1, 0.15) is 33.6 Å². The van der Waals surface area contributed by atoms with Crippen LogP contribution in [0.2, 0.25) is 0 Å². The van der Waals surface area contributed by atoms with Gasteiger partial charge in [0.15, 0.2) is 0 Å². The van der Waals surface area contributed by atoms with E-state index in [9.17, 15) is 19.2 Å². The maximum Gasteiger partial charge on any atom is 0.382 e. The molecule has 16 heavy (non-hydrogen) atoms. The van der Waals surface area contributed by atoms with Crippen molar-refractivity contribution in [2.24, 2.45) is 5.92 Å².